The number of hydrogen-bond acceptors (Lipinski definition) is 4. The van der Waals surface area contributed by atoms with Crippen LogP contribution in [0.4, 0.5) is 5.69 Å². The molecule has 0 bridgehead atoms. The van der Waals surface area contributed by atoms with E-state index in [0.717, 1.165) is 4.90 Å². The van der Waals surface area contributed by atoms with Crippen LogP contribution in [-0.4, -0.2) is 28.4 Å². The Balaban J connectivity index is 2.42. The van der Waals surface area contributed by atoms with Crippen LogP contribution in [0, 0.1) is 0 Å². The summed E-state index contributed by atoms with van der Waals surface area (Å²) in [7, 11) is 0. The molecular formula is C10H8ClNO3S. The van der Waals surface area contributed by atoms with Gasteiger partial charge in [0.1, 0.15) is 5.75 Å². The minimum absolute atomic E-state index is 0.0000300. The molecule has 0 unspecified atom stereocenters. The second-order valence-electron chi connectivity index (χ2n) is 3.25. The first-order valence-electron chi connectivity index (χ1n) is 4.51. The second kappa shape index (κ2) is 4.35. The van der Waals surface area contributed by atoms with Crippen molar-refractivity contribution in [3.63, 3.8) is 0 Å². The maximum Gasteiger partial charge on any atom is 0.243 e. The van der Waals surface area contributed by atoms with Crippen LogP contribution in [0.15, 0.2) is 18.2 Å². The number of hydrogen-bond donors (Lipinski definition) is 1. The fraction of sp³-hybridized carbons (Fsp3) is 0.200. The minimum atomic E-state index is -0.283. The summed E-state index contributed by atoms with van der Waals surface area (Å²) in [5.74, 6) is -0.0333. The largest absolute Gasteiger partial charge is 0.508 e. The molecule has 2 amide bonds. The Hall–Kier alpha value is -1.20. The fourth-order valence-corrected chi connectivity index (χ4v) is 2.41. The average Bonchev–Trinajstić information content (AvgIpc) is 2.20. The molecule has 1 N–H and O–H groups in total. The van der Waals surface area contributed by atoms with Gasteiger partial charge in [0.2, 0.25) is 11.8 Å². The van der Waals surface area contributed by atoms with Crippen LogP contribution in [0.5, 0.6) is 5.75 Å². The van der Waals surface area contributed by atoms with Gasteiger partial charge in [-0.15, -0.1) is 11.8 Å². The van der Waals surface area contributed by atoms with Crippen molar-refractivity contribution in [3.05, 3.63) is 23.2 Å². The number of carbonyl (C=O) groups excluding carboxylic acids is 2. The molecule has 1 aromatic carbocycles. The third kappa shape index (κ3) is 2.01. The van der Waals surface area contributed by atoms with Gasteiger partial charge in [-0.05, 0) is 12.1 Å². The van der Waals surface area contributed by atoms with Crippen molar-refractivity contribution >= 4 is 40.9 Å². The summed E-state index contributed by atoms with van der Waals surface area (Å²) in [6, 6.07) is 4.16. The summed E-state index contributed by atoms with van der Waals surface area (Å²) in [6.45, 7) is 0. The summed E-state index contributed by atoms with van der Waals surface area (Å²) < 4.78 is 0. The first kappa shape index (κ1) is 11.3. The van der Waals surface area contributed by atoms with Crippen molar-refractivity contribution < 1.29 is 14.7 Å². The predicted octanol–water partition coefficient (Wildman–Crippen LogP) is 1.65. The van der Waals surface area contributed by atoms with E-state index in [0.29, 0.717) is 5.69 Å². The van der Waals surface area contributed by atoms with E-state index in [1.54, 1.807) is 0 Å². The molecule has 0 saturated carbocycles. The van der Waals surface area contributed by atoms with Crippen molar-refractivity contribution in [2.24, 2.45) is 0 Å². The first-order chi connectivity index (χ1) is 7.59. The van der Waals surface area contributed by atoms with E-state index in [9.17, 15) is 14.7 Å². The van der Waals surface area contributed by atoms with Gasteiger partial charge in [0.25, 0.3) is 0 Å². The van der Waals surface area contributed by atoms with E-state index in [2.05, 4.69) is 0 Å². The summed E-state index contributed by atoms with van der Waals surface area (Å²) in [5.41, 5.74) is 0.328. The quantitative estimate of drug-likeness (QED) is 0.778. The average molecular weight is 258 g/mol. The van der Waals surface area contributed by atoms with Crippen molar-refractivity contribution in [2.45, 2.75) is 0 Å². The van der Waals surface area contributed by atoms with Crippen LogP contribution in [0.2, 0.25) is 5.02 Å². The predicted molar refractivity (Wildman–Crippen MR) is 62.9 cm³/mol. The molecule has 2 rings (SSSR count). The van der Waals surface area contributed by atoms with Gasteiger partial charge in [0, 0.05) is 6.07 Å². The molecule has 1 aromatic rings. The smallest absolute Gasteiger partial charge is 0.243 e. The molecule has 1 aliphatic heterocycles. The molecule has 1 aliphatic rings. The van der Waals surface area contributed by atoms with E-state index in [4.69, 9.17) is 11.6 Å². The van der Waals surface area contributed by atoms with Crippen molar-refractivity contribution in [1.29, 1.82) is 0 Å². The summed E-state index contributed by atoms with van der Waals surface area (Å²) in [5, 5.41) is 9.38. The Kier molecular flexibility index (Phi) is 3.07. The molecule has 84 valence electrons. The highest BCUT2D eigenvalue weighted by atomic mass is 35.5. The SMILES string of the molecule is O=C1CSCC(=O)N1c1ccc(O)cc1Cl. The normalized spacial score (nSPS) is 16.7. The third-order valence-electron chi connectivity index (χ3n) is 2.12. The Morgan fingerprint density at radius 1 is 1.25 bits per heavy atom. The summed E-state index contributed by atoms with van der Waals surface area (Å²) in [4.78, 5) is 24.3. The van der Waals surface area contributed by atoms with Gasteiger partial charge in [0.15, 0.2) is 0 Å². The highest BCUT2D eigenvalue weighted by Gasteiger charge is 2.29. The van der Waals surface area contributed by atoms with Gasteiger partial charge >= 0.3 is 0 Å². The van der Waals surface area contributed by atoms with Gasteiger partial charge in [-0.2, -0.15) is 0 Å². The summed E-state index contributed by atoms with van der Waals surface area (Å²) >= 11 is 7.17. The number of imide groups is 1. The van der Waals surface area contributed by atoms with Gasteiger partial charge < -0.3 is 5.11 Å². The number of benzene rings is 1. The van der Waals surface area contributed by atoms with Crippen LogP contribution < -0.4 is 4.90 Å². The molecule has 1 saturated heterocycles. The molecule has 16 heavy (non-hydrogen) atoms. The zero-order chi connectivity index (χ0) is 11.7. The van der Waals surface area contributed by atoms with Crippen LogP contribution in [0.1, 0.15) is 0 Å². The number of aromatic hydroxyl groups is 1. The van der Waals surface area contributed by atoms with Crippen molar-refractivity contribution in [1.82, 2.24) is 0 Å². The van der Waals surface area contributed by atoms with Gasteiger partial charge in [-0.25, -0.2) is 4.90 Å². The molecular weight excluding hydrogens is 250 g/mol. The molecule has 4 nitrogen and oxygen atoms in total. The summed E-state index contributed by atoms with van der Waals surface area (Å²) in [6.07, 6.45) is 0. The Morgan fingerprint density at radius 2 is 1.88 bits per heavy atom. The molecule has 0 aromatic heterocycles. The fourth-order valence-electron chi connectivity index (χ4n) is 1.44. The van der Waals surface area contributed by atoms with Crippen molar-refractivity contribution in [3.8, 4) is 5.75 Å². The van der Waals surface area contributed by atoms with Crippen LogP contribution in [0.25, 0.3) is 0 Å². The van der Waals surface area contributed by atoms with E-state index in [1.807, 2.05) is 0 Å². The second-order valence-corrected chi connectivity index (χ2v) is 4.64. The van der Waals surface area contributed by atoms with Gasteiger partial charge in [-0.1, -0.05) is 11.6 Å². The minimum Gasteiger partial charge on any atom is -0.508 e. The van der Waals surface area contributed by atoms with Crippen molar-refractivity contribution in [2.75, 3.05) is 16.4 Å². The molecule has 1 heterocycles. The van der Waals surface area contributed by atoms with Gasteiger partial charge in [-0.3, -0.25) is 9.59 Å². The number of halogens is 1. The van der Waals surface area contributed by atoms with Crippen LogP contribution in [0.3, 0.4) is 0 Å². The van der Waals surface area contributed by atoms with E-state index >= 15 is 0 Å². The number of nitrogens with zero attached hydrogens (tertiary/aromatic N) is 1. The van der Waals surface area contributed by atoms with Gasteiger partial charge in [0.05, 0.1) is 22.2 Å². The number of phenolic OH excluding ortho intramolecular Hbond substituents is 1. The van der Waals surface area contributed by atoms with E-state index in [-0.39, 0.29) is 34.1 Å². The molecule has 0 spiro atoms. The molecule has 0 radical (unpaired) electrons. The molecule has 6 heteroatoms. The lowest BCUT2D eigenvalue weighted by Crippen LogP contribution is -2.43. The zero-order valence-electron chi connectivity index (χ0n) is 8.14. The number of anilines is 1. The Labute approximate surface area is 101 Å². The number of thioether (sulfide) groups is 1. The Bertz CT molecular complexity index is 447. The monoisotopic (exact) mass is 257 g/mol. The molecule has 0 aliphatic carbocycles. The zero-order valence-corrected chi connectivity index (χ0v) is 9.72. The highest BCUT2D eigenvalue weighted by molar-refractivity contribution is 8.00. The lowest BCUT2D eigenvalue weighted by molar-refractivity contribution is -0.124. The number of carbonyl (C=O) groups is 2. The lowest BCUT2D eigenvalue weighted by Gasteiger charge is -2.25. The molecule has 1 fully saturated rings. The van der Waals surface area contributed by atoms with E-state index in [1.165, 1.54) is 30.0 Å². The van der Waals surface area contributed by atoms with Crippen LogP contribution >= 0.6 is 23.4 Å². The topological polar surface area (TPSA) is 57.6 Å². The van der Waals surface area contributed by atoms with E-state index < -0.39 is 0 Å². The number of amides is 2. The highest BCUT2D eigenvalue weighted by Crippen LogP contribution is 2.31. The lowest BCUT2D eigenvalue weighted by atomic mass is 10.2. The Morgan fingerprint density at radius 3 is 2.44 bits per heavy atom. The van der Waals surface area contributed by atoms with Crippen LogP contribution in [-0.2, 0) is 9.59 Å². The number of phenols is 1. The third-order valence-corrected chi connectivity index (χ3v) is 3.33. The first-order valence-corrected chi connectivity index (χ1v) is 6.05. The standard InChI is InChI=1S/C10H8ClNO3S/c11-7-3-6(13)1-2-8(7)12-9(14)4-16-5-10(12)15/h1-3,13H,4-5H2. The number of rotatable bonds is 1. The maximum atomic E-state index is 11.6. The molecule has 0 atom stereocenters. The maximum absolute atomic E-state index is 11.6.